The van der Waals surface area contributed by atoms with Gasteiger partial charge in [0.15, 0.2) is 0 Å². The highest BCUT2D eigenvalue weighted by Crippen LogP contribution is 2.41. The number of rotatable bonds is 3. The second-order valence-corrected chi connectivity index (χ2v) is 6.50. The number of nitrogens with zero attached hydrogens (tertiary/aromatic N) is 1. The van der Waals surface area contributed by atoms with E-state index >= 15 is 0 Å². The van der Waals surface area contributed by atoms with Crippen molar-refractivity contribution in [2.24, 2.45) is 5.92 Å². The van der Waals surface area contributed by atoms with Crippen molar-refractivity contribution in [3.05, 3.63) is 35.4 Å². The average molecular weight is 303 g/mol. The molecular formula is C18H25NO3. The molecule has 0 bridgehead atoms. The summed E-state index contributed by atoms with van der Waals surface area (Å²) in [4.78, 5) is 14.8. The maximum atomic E-state index is 12.9. The first-order valence-corrected chi connectivity index (χ1v) is 8.14. The van der Waals surface area contributed by atoms with E-state index in [1.165, 1.54) is 0 Å². The number of hydrogen-bond acceptors (Lipinski definition) is 3. The van der Waals surface area contributed by atoms with Crippen LogP contribution in [0.3, 0.4) is 0 Å². The number of carbonyl (C=O) groups is 1. The van der Waals surface area contributed by atoms with Crippen molar-refractivity contribution in [3.8, 4) is 0 Å². The quantitative estimate of drug-likeness (QED) is 0.861. The summed E-state index contributed by atoms with van der Waals surface area (Å²) in [5, 5.41) is 0. The third kappa shape index (κ3) is 2.77. The Balaban J connectivity index is 1.78. The van der Waals surface area contributed by atoms with E-state index < -0.39 is 0 Å². The van der Waals surface area contributed by atoms with E-state index in [2.05, 4.69) is 0 Å². The molecule has 1 amide bonds. The fraction of sp³-hybridized carbons (Fsp3) is 0.611. The van der Waals surface area contributed by atoms with Crippen LogP contribution in [0.1, 0.15) is 35.2 Å². The molecule has 0 N–H and O–H groups in total. The monoisotopic (exact) mass is 303 g/mol. The van der Waals surface area contributed by atoms with Crippen molar-refractivity contribution in [3.63, 3.8) is 0 Å². The summed E-state index contributed by atoms with van der Waals surface area (Å²) >= 11 is 0. The van der Waals surface area contributed by atoms with Gasteiger partial charge in [-0.15, -0.1) is 0 Å². The van der Waals surface area contributed by atoms with Crippen LogP contribution in [0.4, 0.5) is 0 Å². The molecule has 1 saturated carbocycles. The number of methoxy groups -OCH3 is 1. The fourth-order valence-corrected chi connectivity index (χ4v) is 3.91. The maximum Gasteiger partial charge on any atom is 0.254 e. The number of morpholine rings is 1. The molecule has 0 aromatic heterocycles. The normalized spacial score (nSPS) is 28.3. The number of hydrogen-bond donors (Lipinski definition) is 0. The zero-order chi connectivity index (χ0) is 15.6. The van der Waals surface area contributed by atoms with Crippen LogP contribution in [0.25, 0.3) is 0 Å². The Morgan fingerprint density at radius 2 is 2.27 bits per heavy atom. The van der Waals surface area contributed by atoms with Crippen molar-refractivity contribution in [2.75, 3.05) is 33.4 Å². The summed E-state index contributed by atoms with van der Waals surface area (Å²) < 4.78 is 11.5. The number of carbonyl (C=O) groups excluding carboxylic acids is 1. The highest BCUT2D eigenvalue weighted by molar-refractivity contribution is 5.95. The molecule has 2 atom stereocenters. The van der Waals surface area contributed by atoms with Crippen LogP contribution < -0.4 is 0 Å². The number of amides is 1. The van der Waals surface area contributed by atoms with Crippen molar-refractivity contribution in [2.45, 2.75) is 31.8 Å². The van der Waals surface area contributed by atoms with E-state index in [4.69, 9.17) is 9.47 Å². The minimum absolute atomic E-state index is 0.129. The summed E-state index contributed by atoms with van der Waals surface area (Å²) in [6.07, 6.45) is 3.30. The van der Waals surface area contributed by atoms with Gasteiger partial charge < -0.3 is 14.4 Å². The van der Waals surface area contributed by atoms with Gasteiger partial charge in [0.2, 0.25) is 0 Å². The van der Waals surface area contributed by atoms with Crippen LogP contribution in [0.5, 0.6) is 0 Å². The van der Waals surface area contributed by atoms with Gasteiger partial charge in [-0.1, -0.05) is 24.6 Å². The molecule has 1 aromatic carbocycles. The van der Waals surface area contributed by atoms with E-state index in [-0.39, 0.29) is 11.5 Å². The van der Waals surface area contributed by atoms with Crippen molar-refractivity contribution >= 4 is 5.91 Å². The van der Waals surface area contributed by atoms with Crippen LogP contribution in [-0.4, -0.2) is 49.8 Å². The first kappa shape index (κ1) is 15.5. The van der Waals surface area contributed by atoms with Gasteiger partial charge in [0.05, 0.1) is 25.4 Å². The predicted octanol–water partition coefficient (Wildman–Crippen LogP) is 2.65. The van der Waals surface area contributed by atoms with E-state index in [0.29, 0.717) is 32.2 Å². The van der Waals surface area contributed by atoms with E-state index in [1.807, 2.05) is 36.1 Å². The molecule has 120 valence electrons. The molecule has 0 unspecified atom stereocenters. The third-order valence-corrected chi connectivity index (χ3v) is 5.14. The zero-order valence-corrected chi connectivity index (χ0v) is 13.5. The Kier molecular flexibility index (Phi) is 4.50. The molecule has 2 aliphatic rings. The van der Waals surface area contributed by atoms with Gasteiger partial charge in [0, 0.05) is 25.1 Å². The molecule has 2 fully saturated rings. The van der Waals surface area contributed by atoms with Crippen molar-refractivity contribution in [1.82, 2.24) is 4.90 Å². The number of benzene rings is 1. The lowest BCUT2D eigenvalue weighted by molar-refractivity contribution is -0.130. The Morgan fingerprint density at radius 3 is 3.05 bits per heavy atom. The average Bonchev–Trinajstić information content (AvgIpc) is 2.90. The first-order valence-electron chi connectivity index (χ1n) is 8.14. The van der Waals surface area contributed by atoms with Gasteiger partial charge in [-0.2, -0.15) is 0 Å². The smallest absolute Gasteiger partial charge is 0.254 e. The Bertz CT molecular complexity index is 545. The SMILES string of the molecule is COC[C@H]1CCC[C@@]12CN(C(=O)c1ccccc1C)CCO2. The van der Waals surface area contributed by atoms with Crippen molar-refractivity contribution in [1.29, 1.82) is 0 Å². The third-order valence-electron chi connectivity index (χ3n) is 5.14. The van der Waals surface area contributed by atoms with Crippen LogP contribution in [0.15, 0.2) is 24.3 Å². The Labute approximate surface area is 132 Å². The summed E-state index contributed by atoms with van der Waals surface area (Å²) in [6, 6.07) is 7.81. The van der Waals surface area contributed by atoms with Crippen LogP contribution in [0.2, 0.25) is 0 Å². The largest absolute Gasteiger partial charge is 0.384 e. The summed E-state index contributed by atoms with van der Waals surface area (Å²) in [6.45, 7) is 4.69. The fourth-order valence-electron chi connectivity index (χ4n) is 3.91. The molecule has 3 rings (SSSR count). The molecule has 4 heteroatoms. The highest BCUT2D eigenvalue weighted by Gasteiger charge is 2.47. The predicted molar refractivity (Wildman–Crippen MR) is 85.0 cm³/mol. The maximum absolute atomic E-state index is 12.9. The molecule has 22 heavy (non-hydrogen) atoms. The lowest BCUT2D eigenvalue weighted by Crippen LogP contribution is -2.56. The standard InChI is InChI=1S/C18H25NO3/c1-14-6-3-4-8-16(14)17(20)19-10-11-22-18(13-19)9-5-7-15(18)12-21-2/h3-4,6,8,15H,5,7,9-13H2,1-2H3/t15-,18-/m1/s1. The van der Waals surface area contributed by atoms with Gasteiger partial charge in [-0.3, -0.25) is 4.79 Å². The lowest BCUT2D eigenvalue weighted by Gasteiger charge is -2.44. The van der Waals surface area contributed by atoms with Crippen LogP contribution in [-0.2, 0) is 9.47 Å². The lowest BCUT2D eigenvalue weighted by atomic mass is 9.89. The summed E-state index contributed by atoms with van der Waals surface area (Å²) in [5.74, 6) is 0.522. The van der Waals surface area contributed by atoms with Gasteiger partial charge in [0.1, 0.15) is 0 Å². The van der Waals surface area contributed by atoms with Gasteiger partial charge in [0.25, 0.3) is 5.91 Å². The molecule has 1 aliphatic carbocycles. The second kappa shape index (κ2) is 6.39. The number of ether oxygens (including phenoxy) is 2. The molecule has 1 heterocycles. The topological polar surface area (TPSA) is 38.8 Å². The zero-order valence-electron chi connectivity index (χ0n) is 13.5. The first-order chi connectivity index (χ1) is 10.7. The van der Waals surface area contributed by atoms with Gasteiger partial charge in [-0.25, -0.2) is 0 Å². The summed E-state index contributed by atoms with van der Waals surface area (Å²) in [7, 11) is 1.74. The Morgan fingerprint density at radius 1 is 1.45 bits per heavy atom. The van der Waals surface area contributed by atoms with Crippen LogP contribution in [0, 0.1) is 12.8 Å². The van der Waals surface area contributed by atoms with Gasteiger partial charge >= 0.3 is 0 Å². The Hall–Kier alpha value is -1.39. The highest BCUT2D eigenvalue weighted by atomic mass is 16.5. The van der Waals surface area contributed by atoms with Gasteiger partial charge in [-0.05, 0) is 31.4 Å². The van der Waals surface area contributed by atoms with Crippen LogP contribution >= 0.6 is 0 Å². The minimum Gasteiger partial charge on any atom is -0.384 e. The molecular weight excluding hydrogens is 278 g/mol. The molecule has 4 nitrogen and oxygen atoms in total. The number of aryl methyl sites for hydroxylation is 1. The van der Waals surface area contributed by atoms with Crippen molar-refractivity contribution < 1.29 is 14.3 Å². The summed E-state index contributed by atoms with van der Waals surface area (Å²) in [5.41, 5.74) is 1.64. The molecule has 1 spiro atoms. The van der Waals surface area contributed by atoms with E-state index in [9.17, 15) is 4.79 Å². The molecule has 1 saturated heterocycles. The minimum atomic E-state index is -0.202. The van der Waals surface area contributed by atoms with E-state index in [1.54, 1.807) is 7.11 Å². The second-order valence-electron chi connectivity index (χ2n) is 6.50. The molecule has 0 radical (unpaired) electrons. The van der Waals surface area contributed by atoms with E-state index in [0.717, 1.165) is 30.4 Å². The molecule has 1 aliphatic heterocycles. The molecule has 1 aromatic rings.